The van der Waals surface area contributed by atoms with Gasteiger partial charge in [0.05, 0.1) is 11.4 Å². The Balaban J connectivity index is 1.70. The summed E-state index contributed by atoms with van der Waals surface area (Å²) in [5.74, 6) is 0. The van der Waals surface area contributed by atoms with E-state index in [1.807, 2.05) is 43.3 Å². The summed E-state index contributed by atoms with van der Waals surface area (Å²) >= 11 is 5.33. The van der Waals surface area contributed by atoms with E-state index in [0.717, 1.165) is 16.9 Å². The highest BCUT2D eigenvalue weighted by Gasteiger charge is 2.06. The molecule has 5 nitrogen and oxygen atoms in total. The van der Waals surface area contributed by atoms with Crippen LogP contribution in [0.3, 0.4) is 0 Å². The summed E-state index contributed by atoms with van der Waals surface area (Å²) in [4.78, 5) is 12.9. The molecule has 6 heteroatoms. The molecule has 0 radical (unpaired) electrons. The van der Waals surface area contributed by atoms with Crippen LogP contribution in [-0.4, -0.2) is 20.1 Å². The molecule has 0 fully saturated rings. The lowest BCUT2D eigenvalue weighted by atomic mass is 10.2. The number of pyridine rings is 1. The first-order valence-corrected chi connectivity index (χ1v) is 7.30. The van der Waals surface area contributed by atoms with E-state index in [1.54, 1.807) is 12.4 Å². The molecular weight excluding hydrogens is 294 g/mol. The molecular formula is C16H15N5S. The summed E-state index contributed by atoms with van der Waals surface area (Å²) in [5.41, 5.74) is 4.21. The minimum absolute atomic E-state index is 0.553. The first-order chi connectivity index (χ1) is 10.7. The number of thiocarbonyl (C=S) groups is 1. The van der Waals surface area contributed by atoms with Crippen LogP contribution >= 0.6 is 12.2 Å². The number of rotatable bonds is 3. The fourth-order valence-electron chi connectivity index (χ4n) is 2.06. The van der Waals surface area contributed by atoms with Crippen LogP contribution in [0.5, 0.6) is 0 Å². The quantitative estimate of drug-likeness (QED) is 0.725. The van der Waals surface area contributed by atoms with E-state index in [0.29, 0.717) is 17.3 Å². The first kappa shape index (κ1) is 14.3. The standard InChI is InChI=1S/C16H15N5S/c1-11-13(9-14-15(20-11)18-8-7-17-14)21-16(22)19-10-12-5-3-2-4-6-12/h2-9H,10H2,1H3,(H2,19,21,22). The molecule has 0 aliphatic heterocycles. The van der Waals surface area contributed by atoms with E-state index >= 15 is 0 Å². The highest BCUT2D eigenvalue weighted by atomic mass is 32.1. The van der Waals surface area contributed by atoms with E-state index < -0.39 is 0 Å². The molecule has 0 unspecified atom stereocenters. The molecule has 0 spiro atoms. The summed E-state index contributed by atoms with van der Waals surface area (Å²) in [5, 5.41) is 6.89. The van der Waals surface area contributed by atoms with Gasteiger partial charge < -0.3 is 10.6 Å². The second kappa shape index (κ2) is 6.44. The van der Waals surface area contributed by atoms with Crippen LogP contribution in [0, 0.1) is 6.92 Å². The van der Waals surface area contributed by atoms with Gasteiger partial charge in [-0.2, -0.15) is 0 Å². The van der Waals surface area contributed by atoms with Crippen LogP contribution in [-0.2, 0) is 6.54 Å². The monoisotopic (exact) mass is 309 g/mol. The number of nitrogens with zero attached hydrogens (tertiary/aromatic N) is 3. The zero-order chi connectivity index (χ0) is 15.4. The molecule has 0 aliphatic carbocycles. The van der Waals surface area contributed by atoms with Crippen LogP contribution in [0.1, 0.15) is 11.3 Å². The van der Waals surface area contributed by atoms with Gasteiger partial charge in [-0.1, -0.05) is 30.3 Å². The van der Waals surface area contributed by atoms with Gasteiger partial charge in [0.1, 0.15) is 5.52 Å². The zero-order valence-electron chi connectivity index (χ0n) is 12.1. The highest BCUT2D eigenvalue weighted by Crippen LogP contribution is 2.17. The van der Waals surface area contributed by atoms with Gasteiger partial charge in [0.25, 0.3) is 0 Å². The minimum atomic E-state index is 0.553. The zero-order valence-corrected chi connectivity index (χ0v) is 12.9. The smallest absolute Gasteiger partial charge is 0.178 e. The third kappa shape index (κ3) is 3.35. The third-order valence-corrected chi connectivity index (χ3v) is 3.44. The fraction of sp³-hybridized carbons (Fsp3) is 0.125. The minimum Gasteiger partial charge on any atom is -0.358 e. The maximum absolute atomic E-state index is 5.33. The highest BCUT2D eigenvalue weighted by molar-refractivity contribution is 7.80. The molecule has 0 atom stereocenters. The molecule has 1 aromatic carbocycles. The molecule has 110 valence electrons. The van der Waals surface area contributed by atoms with Crippen molar-refractivity contribution in [3.05, 3.63) is 60.0 Å². The Hall–Kier alpha value is -2.60. The number of benzene rings is 1. The largest absolute Gasteiger partial charge is 0.358 e. The maximum atomic E-state index is 5.33. The van der Waals surface area contributed by atoms with Gasteiger partial charge in [-0.15, -0.1) is 0 Å². The third-order valence-electron chi connectivity index (χ3n) is 3.19. The molecule has 0 aliphatic rings. The summed E-state index contributed by atoms with van der Waals surface area (Å²) in [6.07, 6.45) is 3.28. The van der Waals surface area contributed by atoms with Gasteiger partial charge in [-0.05, 0) is 30.8 Å². The Morgan fingerprint density at radius 1 is 1.14 bits per heavy atom. The maximum Gasteiger partial charge on any atom is 0.178 e. The van der Waals surface area contributed by atoms with Crippen molar-refractivity contribution in [1.29, 1.82) is 0 Å². The summed E-state index contributed by atoms with van der Waals surface area (Å²) in [7, 11) is 0. The number of hydrogen-bond acceptors (Lipinski definition) is 4. The van der Waals surface area contributed by atoms with Gasteiger partial charge >= 0.3 is 0 Å². The normalized spacial score (nSPS) is 10.4. The molecule has 0 amide bonds. The van der Waals surface area contributed by atoms with Crippen molar-refractivity contribution in [3.8, 4) is 0 Å². The summed E-state index contributed by atoms with van der Waals surface area (Å²) in [6.45, 7) is 2.59. The van der Waals surface area contributed by atoms with Crippen molar-refractivity contribution in [2.24, 2.45) is 0 Å². The Bertz CT molecular complexity index is 804. The molecule has 3 rings (SSSR count). The predicted molar refractivity (Wildman–Crippen MR) is 91.6 cm³/mol. The van der Waals surface area contributed by atoms with Crippen molar-refractivity contribution in [2.45, 2.75) is 13.5 Å². The molecule has 0 saturated carbocycles. The molecule has 2 aromatic heterocycles. The van der Waals surface area contributed by atoms with Crippen LogP contribution in [0.15, 0.2) is 48.8 Å². The van der Waals surface area contributed by atoms with Crippen molar-refractivity contribution in [2.75, 3.05) is 5.32 Å². The van der Waals surface area contributed by atoms with E-state index in [-0.39, 0.29) is 0 Å². The molecule has 22 heavy (non-hydrogen) atoms. The average molecular weight is 309 g/mol. The van der Waals surface area contributed by atoms with Gasteiger partial charge in [-0.3, -0.25) is 4.98 Å². The number of aryl methyl sites for hydroxylation is 1. The number of fused-ring (bicyclic) bond motifs is 1. The first-order valence-electron chi connectivity index (χ1n) is 6.89. The molecule has 0 bridgehead atoms. The lowest BCUT2D eigenvalue weighted by Crippen LogP contribution is -2.28. The Labute approximate surface area is 133 Å². The lowest BCUT2D eigenvalue weighted by molar-refractivity contribution is 0.925. The summed E-state index contributed by atoms with van der Waals surface area (Å²) in [6, 6.07) is 12.0. The second-order valence-corrected chi connectivity index (χ2v) is 5.22. The van der Waals surface area contributed by atoms with Crippen molar-refractivity contribution in [3.63, 3.8) is 0 Å². The van der Waals surface area contributed by atoms with Gasteiger partial charge in [0.15, 0.2) is 10.8 Å². The van der Waals surface area contributed by atoms with Gasteiger partial charge in [0, 0.05) is 18.9 Å². The average Bonchev–Trinajstić information content (AvgIpc) is 2.55. The lowest BCUT2D eigenvalue weighted by Gasteiger charge is -2.12. The van der Waals surface area contributed by atoms with Gasteiger partial charge in [-0.25, -0.2) is 9.97 Å². The molecule has 0 saturated heterocycles. The molecule has 2 heterocycles. The second-order valence-electron chi connectivity index (χ2n) is 4.81. The van der Waals surface area contributed by atoms with Crippen molar-refractivity contribution < 1.29 is 0 Å². The number of hydrogen-bond donors (Lipinski definition) is 2. The van der Waals surface area contributed by atoms with E-state index in [1.165, 1.54) is 5.56 Å². The van der Waals surface area contributed by atoms with E-state index in [9.17, 15) is 0 Å². The van der Waals surface area contributed by atoms with Crippen LogP contribution in [0.4, 0.5) is 5.69 Å². The number of nitrogens with one attached hydrogen (secondary N) is 2. The van der Waals surface area contributed by atoms with E-state index in [2.05, 4.69) is 25.6 Å². The molecule has 3 aromatic rings. The SMILES string of the molecule is Cc1nc2nccnc2cc1NC(=S)NCc1ccccc1. The van der Waals surface area contributed by atoms with Crippen LogP contribution in [0.25, 0.3) is 11.2 Å². The molecule has 2 N–H and O–H groups in total. The van der Waals surface area contributed by atoms with Crippen LogP contribution < -0.4 is 10.6 Å². The van der Waals surface area contributed by atoms with Crippen molar-refractivity contribution >= 4 is 34.2 Å². The fourth-order valence-corrected chi connectivity index (χ4v) is 2.24. The predicted octanol–water partition coefficient (Wildman–Crippen LogP) is 2.82. The van der Waals surface area contributed by atoms with Gasteiger partial charge in [0.2, 0.25) is 0 Å². The number of anilines is 1. The van der Waals surface area contributed by atoms with Crippen molar-refractivity contribution in [1.82, 2.24) is 20.3 Å². The Morgan fingerprint density at radius 3 is 2.73 bits per heavy atom. The topological polar surface area (TPSA) is 62.7 Å². The number of aromatic nitrogens is 3. The Morgan fingerprint density at radius 2 is 1.91 bits per heavy atom. The summed E-state index contributed by atoms with van der Waals surface area (Å²) < 4.78 is 0. The van der Waals surface area contributed by atoms with E-state index in [4.69, 9.17) is 12.2 Å². The Kier molecular flexibility index (Phi) is 4.20. The van der Waals surface area contributed by atoms with Crippen LogP contribution in [0.2, 0.25) is 0 Å².